The number of hydrogen-bond donors (Lipinski definition) is 1. The van der Waals surface area contributed by atoms with Gasteiger partial charge in [0.05, 0.1) is 6.61 Å². The highest BCUT2D eigenvalue weighted by Crippen LogP contribution is 2.13. The Morgan fingerprint density at radius 1 is 1.28 bits per heavy atom. The average molecular weight is 255 g/mol. The molecule has 1 aliphatic heterocycles. The summed E-state index contributed by atoms with van der Waals surface area (Å²) in [6, 6.07) is 4.68. The van der Waals surface area contributed by atoms with Crippen LogP contribution in [0.25, 0.3) is 0 Å². The summed E-state index contributed by atoms with van der Waals surface area (Å²) in [7, 11) is 0. The molecule has 18 heavy (non-hydrogen) atoms. The lowest BCUT2D eigenvalue weighted by atomic mass is 10.0. The maximum atomic E-state index is 13.3. The third-order valence-corrected chi connectivity index (χ3v) is 3.31. The molecule has 1 aromatic rings. The predicted octanol–water partition coefficient (Wildman–Crippen LogP) is 3.01. The van der Waals surface area contributed by atoms with Crippen LogP contribution in [0, 0.1) is 11.6 Å². The molecule has 0 spiro atoms. The van der Waals surface area contributed by atoms with Crippen LogP contribution in [0.4, 0.5) is 8.78 Å². The summed E-state index contributed by atoms with van der Waals surface area (Å²) < 4.78 is 31.7. The summed E-state index contributed by atoms with van der Waals surface area (Å²) in [5.41, 5.74) is 0.284. The van der Waals surface area contributed by atoms with E-state index in [1.807, 2.05) is 0 Å². The zero-order valence-corrected chi connectivity index (χ0v) is 10.4. The van der Waals surface area contributed by atoms with Crippen LogP contribution in [0.15, 0.2) is 18.2 Å². The van der Waals surface area contributed by atoms with E-state index < -0.39 is 11.6 Å². The number of rotatable bonds is 5. The molecule has 1 aliphatic rings. The van der Waals surface area contributed by atoms with Gasteiger partial charge < -0.3 is 10.1 Å². The molecule has 1 unspecified atom stereocenters. The molecular weight excluding hydrogens is 236 g/mol. The first-order valence-electron chi connectivity index (χ1n) is 6.51. The van der Waals surface area contributed by atoms with E-state index in [9.17, 15) is 8.78 Å². The zero-order chi connectivity index (χ0) is 12.8. The van der Waals surface area contributed by atoms with Crippen molar-refractivity contribution < 1.29 is 13.5 Å². The van der Waals surface area contributed by atoms with Crippen LogP contribution in [0.5, 0.6) is 0 Å². The number of benzene rings is 1. The van der Waals surface area contributed by atoms with E-state index in [1.54, 1.807) is 6.07 Å². The Bertz CT molecular complexity index is 378. The SMILES string of the molecule is Fc1cccc(COCCC2CCCCN2)c1F. The number of ether oxygens (including phenoxy) is 1. The molecule has 4 heteroatoms. The smallest absolute Gasteiger partial charge is 0.164 e. The van der Waals surface area contributed by atoms with Crippen molar-refractivity contribution in [2.24, 2.45) is 0 Å². The Kier molecular flexibility index (Phi) is 5.08. The van der Waals surface area contributed by atoms with Gasteiger partial charge in [-0.2, -0.15) is 0 Å². The van der Waals surface area contributed by atoms with E-state index in [4.69, 9.17) is 4.74 Å². The van der Waals surface area contributed by atoms with E-state index in [2.05, 4.69) is 5.32 Å². The lowest BCUT2D eigenvalue weighted by molar-refractivity contribution is 0.106. The minimum atomic E-state index is -0.815. The van der Waals surface area contributed by atoms with Crippen molar-refractivity contribution in [2.45, 2.75) is 38.3 Å². The quantitative estimate of drug-likeness (QED) is 0.817. The van der Waals surface area contributed by atoms with Crippen molar-refractivity contribution in [3.05, 3.63) is 35.4 Å². The lowest BCUT2D eigenvalue weighted by Gasteiger charge is -2.23. The van der Waals surface area contributed by atoms with Gasteiger partial charge in [-0.1, -0.05) is 18.6 Å². The number of halogens is 2. The van der Waals surface area contributed by atoms with Gasteiger partial charge in [-0.15, -0.1) is 0 Å². The van der Waals surface area contributed by atoms with Crippen LogP contribution in [0.3, 0.4) is 0 Å². The number of hydrogen-bond acceptors (Lipinski definition) is 2. The van der Waals surface area contributed by atoms with Crippen LogP contribution in [-0.4, -0.2) is 19.2 Å². The van der Waals surface area contributed by atoms with E-state index in [0.29, 0.717) is 12.6 Å². The second-order valence-electron chi connectivity index (χ2n) is 4.70. The highest BCUT2D eigenvalue weighted by molar-refractivity contribution is 5.17. The number of nitrogens with one attached hydrogen (secondary N) is 1. The average Bonchev–Trinajstić information content (AvgIpc) is 2.40. The van der Waals surface area contributed by atoms with Crippen molar-refractivity contribution in [2.75, 3.05) is 13.2 Å². The molecular formula is C14H19F2NO. The third-order valence-electron chi connectivity index (χ3n) is 3.31. The Balaban J connectivity index is 1.70. The van der Waals surface area contributed by atoms with Crippen molar-refractivity contribution >= 4 is 0 Å². The van der Waals surface area contributed by atoms with Crippen LogP contribution < -0.4 is 5.32 Å². The first-order chi connectivity index (χ1) is 8.77. The van der Waals surface area contributed by atoms with Gasteiger partial charge in [0.25, 0.3) is 0 Å². The standard InChI is InChI=1S/C14H19F2NO/c15-13-6-3-4-11(14(13)16)10-18-9-7-12-5-1-2-8-17-12/h3-4,6,12,17H,1-2,5,7-10H2. The fourth-order valence-corrected chi connectivity index (χ4v) is 2.24. The van der Waals surface area contributed by atoms with E-state index in [0.717, 1.165) is 19.0 Å². The zero-order valence-electron chi connectivity index (χ0n) is 10.4. The summed E-state index contributed by atoms with van der Waals surface area (Å²) in [5.74, 6) is -1.61. The highest BCUT2D eigenvalue weighted by atomic mass is 19.2. The molecule has 1 N–H and O–H groups in total. The highest BCUT2D eigenvalue weighted by Gasteiger charge is 2.12. The van der Waals surface area contributed by atoms with Gasteiger partial charge in [-0.3, -0.25) is 0 Å². The number of piperidine rings is 1. The third kappa shape index (κ3) is 3.75. The Morgan fingerprint density at radius 3 is 2.94 bits per heavy atom. The second-order valence-corrected chi connectivity index (χ2v) is 4.70. The fraction of sp³-hybridized carbons (Fsp3) is 0.571. The van der Waals surface area contributed by atoms with Crippen molar-refractivity contribution in [1.29, 1.82) is 0 Å². The molecule has 0 amide bonds. The van der Waals surface area contributed by atoms with Gasteiger partial charge >= 0.3 is 0 Å². The summed E-state index contributed by atoms with van der Waals surface area (Å²) in [6.07, 6.45) is 4.61. The molecule has 0 aliphatic carbocycles. The first-order valence-corrected chi connectivity index (χ1v) is 6.51. The van der Waals surface area contributed by atoms with Gasteiger partial charge in [0.1, 0.15) is 0 Å². The maximum absolute atomic E-state index is 13.3. The molecule has 0 bridgehead atoms. The van der Waals surface area contributed by atoms with Crippen LogP contribution in [0.1, 0.15) is 31.2 Å². The minimum absolute atomic E-state index is 0.135. The Hall–Kier alpha value is -1.00. The molecule has 2 rings (SSSR count). The van der Waals surface area contributed by atoms with Gasteiger partial charge in [0.15, 0.2) is 11.6 Å². The lowest BCUT2D eigenvalue weighted by Crippen LogP contribution is -2.34. The van der Waals surface area contributed by atoms with Crippen molar-refractivity contribution in [3.8, 4) is 0 Å². The summed E-state index contributed by atoms with van der Waals surface area (Å²) in [6.45, 7) is 1.78. The molecule has 1 aromatic carbocycles. The summed E-state index contributed by atoms with van der Waals surface area (Å²) in [4.78, 5) is 0. The predicted molar refractivity (Wildman–Crippen MR) is 66.3 cm³/mol. The molecule has 1 heterocycles. The van der Waals surface area contributed by atoms with E-state index in [-0.39, 0.29) is 12.2 Å². The molecule has 1 fully saturated rings. The first kappa shape index (κ1) is 13.4. The fourth-order valence-electron chi connectivity index (χ4n) is 2.24. The molecule has 0 radical (unpaired) electrons. The molecule has 100 valence electrons. The molecule has 0 aromatic heterocycles. The Morgan fingerprint density at radius 2 is 2.17 bits per heavy atom. The molecule has 2 nitrogen and oxygen atoms in total. The summed E-state index contributed by atoms with van der Waals surface area (Å²) in [5, 5.41) is 3.42. The van der Waals surface area contributed by atoms with Gasteiger partial charge in [-0.25, -0.2) is 8.78 Å². The van der Waals surface area contributed by atoms with Crippen molar-refractivity contribution in [3.63, 3.8) is 0 Å². The monoisotopic (exact) mass is 255 g/mol. The van der Waals surface area contributed by atoms with Crippen LogP contribution in [0.2, 0.25) is 0 Å². The molecule has 0 saturated carbocycles. The molecule has 1 atom stereocenters. The van der Waals surface area contributed by atoms with Gasteiger partial charge in [-0.05, 0) is 31.9 Å². The van der Waals surface area contributed by atoms with E-state index in [1.165, 1.54) is 25.3 Å². The normalized spacial score (nSPS) is 20.0. The largest absolute Gasteiger partial charge is 0.377 e. The topological polar surface area (TPSA) is 21.3 Å². The summed E-state index contributed by atoms with van der Waals surface area (Å²) >= 11 is 0. The van der Waals surface area contributed by atoms with Crippen molar-refractivity contribution in [1.82, 2.24) is 5.32 Å². The van der Waals surface area contributed by atoms with E-state index >= 15 is 0 Å². The Labute approximate surface area is 106 Å². The van der Waals surface area contributed by atoms with Gasteiger partial charge in [0, 0.05) is 18.2 Å². The van der Waals surface area contributed by atoms with Gasteiger partial charge in [0.2, 0.25) is 0 Å². The van der Waals surface area contributed by atoms with Crippen LogP contribution >= 0.6 is 0 Å². The minimum Gasteiger partial charge on any atom is -0.377 e. The molecule has 1 saturated heterocycles. The second kappa shape index (κ2) is 6.81. The maximum Gasteiger partial charge on any atom is 0.164 e. The van der Waals surface area contributed by atoms with Crippen LogP contribution in [-0.2, 0) is 11.3 Å².